The van der Waals surface area contributed by atoms with Crippen molar-refractivity contribution >= 4 is 0 Å². The van der Waals surface area contributed by atoms with E-state index in [1.165, 1.54) is 24.8 Å². The molecule has 0 heteroatoms. The molecule has 2 rings (SSSR count). The number of rotatable bonds is 3. The van der Waals surface area contributed by atoms with Gasteiger partial charge in [0.1, 0.15) is 0 Å². The second-order valence-corrected chi connectivity index (χ2v) is 4.95. The van der Waals surface area contributed by atoms with Gasteiger partial charge in [-0.05, 0) is 42.6 Å². The molecule has 0 saturated carbocycles. The van der Waals surface area contributed by atoms with Gasteiger partial charge >= 0.3 is 0 Å². The van der Waals surface area contributed by atoms with Crippen LogP contribution in [0, 0.1) is 11.8 Å². The highest BCUT2D eigenvalue weighted by Crippen LogP contribution is 2.38. The zero-order valence-corrected chi connectivity index (χ0v) is 10.4. The van der Waals surface area contributed by atoms with Gasteiger partial charge in [0.05, 0.1) is 0 Å². The lowest BCUT2D eigenvalue weighted by Crippen LogP contribution is -2.21. The molecule has 0 N–H and O–H groups in total. The Balaban J connectivity index is 2.19. The fourth-order valence-electron chi connectivity index (χ4n) is 3.06. The minimum absolute atomic E-state index is 0.735. The Morgan fingerprint density at radius 3 is 2.62 bits per heavy atom. The molecular weight excluding hydrogens is 192 g/mol. The van der Waals surface area contributed by atoms with E-state index in [4.69, 9.17) is 0 Å². The Hall–Kier alpha value is -1.04. The van der Waals surface area contributed by atoms with Crippen molar-refractivity contribution in [2.75, 3.05) is 0 Å². The third-order valence-electron chi connectivity index (χ3n) is 3.97. The van der Waals surface area contributed by atoms with E-state index in [0.717, 1.165) is 17.8 Å². The molecule has 0 saturated heterocycles. The molecule has 1 aromatic rings. The molecule has 0 aliphatic heterocycles. The summed E-state index contributed by atoms with van der Waals surface area (Å²) in [6.45, 7) is 4.69. The van der Waals surface area contributed by atoms with Crippen molar-refractivity contribution in [3.8, 4) is 0 Å². The number of allylic oxidation sites excluding steroid dienone is 2. The van der Waals surface area contributed by atoms with Gasteiger partial charge in [-0.3, -0.25) is 0 Å². The van der Waals surface area contributed by atoms with Crippen molar-refractivity contribution in [3.63, 3.8) is 0 Å². The molecule has 1 aliphatic carbocycles. The van der Waals surface area contributed by atoms with Crippen LogP contribution < -0.4 is 0 Å². The van der Waals surface area contributed by atoms with E-state index >= 15 is 0 Å². The van der Waals surface area contributed by atoms with Crippen LogP contribution >= 0.6 is 0 Å². The Bertz CT molecular complexity index is 336. The van der Waals surface area contributed by atoms with Gasteiger partial charge in [0.15, 0.2) is 0 Å². The molecule has 1 aromatic carbocycles. The van der Waals surface area contributed by atoms with E-state index in [1.807, 2.05) is 0 Å². The first kappa shape index (κ1) is 11.4. The van der Waals surface area contributed by atoms with E-state index in [0.29, 0.717) is 0 Å². The maximum absolute atomic E-state index is 2.40. The average Bonchev–Trinajstić information content (AvgIpc) is 2.34. The predicted octanol–water partition coefficient (Wildman–Crippen LogP) is 4.78. The summed E-state index contributed by atoms with van der Waals surface area (Å²) in [7, 11) is 0. The summed E-state index contributed by atoms with van der Waals surface area (Å²) in [6, 6.07) is 11.0. The first-order valence-electron chi connectivity index (χ1n) is 6.54. The summed E-state index contributed by atoms with van der Waals surface area (Å²) >= 11 is 0. The number of hydrogen-bond donors (Lipinski definition) is 0. The maximum atomic E-state index is 2.40. The Morgan fingerprint density at radius 2 is 2.00 bits per heavy atom. The van der Waals surface area contributed by atoms with E-state index in [9.17, 15) is 0 Å². The minimum atomic E-state index is 0.735. The fraction of sp³-hybridized carbons (Fsp3) is 0.500. The van der Waals surface area contributed by atoms with E-state index in [-0.39, 0.29) is 0 Å². The topological polar surface area (TPSA) is 0 Å². The molecule has 0 nitrogen and oxygen atoms in total. The minimum Gasteiger partial charge on any atom is -0.0882 e. The molecule has 0 amide bonds. The normalized spacial score (nSPS) is 26.6. The standard InChI is InChI=1S/C16H22/c1-3-15(14-10-5-4-6-11-14)16-12-8-7-9-13(16)2/h4-7,9-11,13,15-16H,3,8,12H2,1-2H3. The van der Waals surface area contributed by atoms with Crippen LogP contribution in [0.5, 0.6) is 0 Å². The fourth-order valence-corrected chi connectivity index (χ4v) is 3.06. The monoisotopic (exact) mass is 214 g/mol. The zero-order valence-electron chi connectivity index (χ0n) is 10.4. The van der Waals surface area contributed by atoms with Crippen molar-refractivity contribution in [2.24, 2.45) is 11.8 Å². The highest BCUT2D eigenvalue weighted by atomic mass is 14.3. The molecule has 16 heavy (non-hydrogen) atoms. The van der Waals surface area contributed by atoms with Crippen molar-refractivity contribution < 1.29 is 0 Å². The van der Waals surface area contributed by atoms with Gasteiger partial charge in [0, 0.05) is 0 Å². The van der Waals surface area contributed by atoms with Crippen molar-refractivity contribution in [1.29, 1.82) is 0 Å². The van der Waals surface area contributed by atoms with Crippen LogP contribution in [0.4, 0.5) is 0 Å². The van der Waals surface area contributed by atoms with Gasteiger partial charge < -0.3 is 0 Å². The largest absolute Gasteiger partial charge is 0.0882 e. The van der Waals surface area contributed by atoms with Gasteiger partial charge in [0.25, 0.3) is 0 Å². The van der Waals surface area contributed by atoms with Gasteiger partial charge in [-0.2, -0.15) is 0 Å². The van der Waals surface area contributed by atoms with Crippen molar-refractivity contribution in [1.82, 2.24) is 0 Å². The van der Waals surface area contributed by atoms with Crippen LogP contribution in [0.25, 0.3) is 0 Å². The van der Waals surface area contributed by atoms with E-state index in [1.54, 1.807) is 0 Å². The second kappa shape index (κ2) is 5.34. The highest BCUT2D eigenvalue weighted by molar-refractivity contribution is 5.21. The highest BCUT2D eigenvalue weighted by Gasteiger charge is 2.26. The van der Waals surface area contributed by atoms with Crippen LogP contribution in [0.1, 0.15) is 44.6 Å². The lowest BCUT2D eigenvalue weighted by atomic mass is 9.73. The SMILES string of the molecule is CCC(c1ccccc1)C1CCC=CC1C. The molecule has 0 bridgehead atoms. The Labute approximate surface area is 99.4 Å². The predicted molar refractivity (Wildman–Crippen MR) is 70.5 cm³/mol. The van der Waals surface area contributed by atoms with Crippen molar-refractivity contribution in [3.05, 3.63) is 48.0 Å². The molecular formula is C16H22. The smallest absolute Gasteiger partial charge is 0.0131 e. The summed E-state index contributed by atoms with van der Waals surface area (Å²) < 4.78 is 0. The molecule has 3 unspecified atom stereocenters. The average molecular weight is 214 g/mol. The summed E-state index contributed by atoms with van der Waals surface area (Å²) in [5, 5.41) is 0. The Morgan fingerprint density at radius 1 is 1.25 bits per heavy atom. The number of benzene rings is 1. The zero-order chi connectivity index (χ0) is 11.4. The third kappa shape index (κ3) is 2.37. The number of hydrogen-bond acceptors (Lipinski definition) is 0. The van der Waals surface area contributed by atoms with Gasteiger partial charge in [0.2, 0.25) is 0 Å². The summed E-state index contributed by atoms with van der Waals surface area (Å²) in [5.74, 6) is 2.30. The maximum Gasteiger partial charge on any atom is -0.0131 e. The van der Waals surface area contributed by atoms with Crippen LogP contribution in [0.3, 0.4) is 0 Å². The van der Waals surface area contributed by atoms with Crippen LogP contribution in [0.2, 0.25) is 0 Å². The molecule has 3 atom stereocenters. The molecule has 0 fully saturated rings. The van der Waals surface area contributed by atoms with E-state index in [2.05, 4.69) is 56.3 Å². The summed E-state index contributed by atoms with van der Waals surface area (Å²) in [4.78, 5) is 0. The molecule has 0 radical (unpaired) electrons. The molecule has 1 aliphatic rings. The lowest BCUT2D eigenvalue weighted by molar-refractivity contribution is 0.306. The summed E-state index contributed by atoms with van der Waals surface area (Å²) in [5.41, 5.74) is 1.53. The Kier molecular flexibility index (Phi) is 3.82. The molecule has 86 valence electrons. The first-order chi connectivity index (χ1) is 7.83. The third-order valence-corrected chi connectivity index (χ3v) is 3.97. The van der Waals surface area contributed by atoms with Crippen LogP contribution in [-0.4, -0.2) is 0 Å². The first-order valence-corrected chi connectivity index (χ1v) is 6.54. The van der Waals surface area contributed by atoms with Gasteiger partial charge in [-0.15, -0.1) is 0 Å². The molecule has 0 heterocycles. The van der Waals surface area contributed by atoms with Gasteiger partial charge in [-0.25, -0.2) is 0 Å². The second-order valence-electron chi connectivity index (χ2n) is 4.95. The van der Waals surface area contributed by atoms with E-state index < -0.39 is 0 Å². The lowest BCUT2D eigenvalue weighted by Gasteiger charge is -2.32. The van der Waals surface area contributed by atoms with Crippen LogP contribution in [-0.2, 0) is 0 Å². The molecule has 0 aromatic heterocycles. The van der Waals surface area contributed by atoms with Crippen molar-refractivity contribution in [2.45, 2.75) is 39.0 Å². The van der Waals surface area contributed by atoms with Gasteiger partial charge in [-0.1, -0.05) is 56.3 Å². The molecule has 0 spiro atoms. The summed E-state index contributed by atoms with van der Waals surface area (Å²) in [6.07, 6.45) is 8.62. The quantitative estimate of drug-likeness (QED) is 0.635. The van der Waals surface area contributed by atoms with Crippen LogP contribution in [0.15, 0.2) is 42.5 Å².